The van der Waals surface area contributed by atoms with E-state index >= 15 is 0 Å². The van der Waals surface area contributed by atoms with Crippen LogP contribution in [-0.4, -0.2) is 59.8 Å². The van der Waals surface area contributed by atoms with Gasteiger partial charge in [-0.15, -0.1) is 0 Å². The van der Waals surface area contributed by atoms with Crippen LogP contribution in [0.2, 0.25) is 0 Å². The molecule has 206 valence electrons. The Bertz CT molecular complexity index is 1120. The lowest BCUT2D eigenvalue weighted by molar-refractivity contribution is -0.137. The molecule has 2 fully saturated rings. The summed E-state index contributed by atoms with van der Waals surface area (Å²) in [6.45, 7) is 2.92. The van der Waals surface area contributed by atoms with Crippen LogP contribution in [0, 0.1) is 5.92 Å². The van der Waals surface area contributed by atoms with Crippen LogP contribution >= 0.6 is 0 Å². The van der Waals surface area contributed by atoms with Crippen LogP contribution in [-0.2, 0) is 21.3 Å². The van der Waals surface area contributed by atoms with Gasteiger partial charge in [-0.2, -0.15) is 13.2 Å². The highest BCUT2D eigenvalue weighted by Gasteiger charge is 2.52. The lowest BCUT2D eigenvalue weighted by Crippen LogP contribution is -2.64. The summed E-state index contributed by atoms with van der Waals surface area (Å²) in [5.41, 5.74) is -2.11. The Morgan fingerprint density at radius 1 is 1.21 bits per heavy atom. The van der Waals surface area contributed by atoms with Gasteiger partial charge in [-0.3, -0.25) is 14.6 Å². The van der Waals surface area contributed by atoms with E-state index in [-0.39, 0.29) is 17.6 Å². The van der Waals surface area contributed by atoms with Crippen molar-refractivity contribution in [1.82, 2.24) is 20.9 Å². The van der Waals surface area contributed by atoms with Gasteiger partial charge >= 0.3 is 6.18 Å². The van der Waals surface area contributed by atoms with Crippen molar-refractivity contribution in [3.05, 3.63) is 65.5 Å². The molecule has 2 amide bonds. The fourth-order valence-electron chi connectivity index (χ4n) is 5.69. The summed E-state index contributed by atoms with van der Waals surface area (Å²) in [4.78, 5) is 29.7. The fourth-order valence-corrected chi connectivity index (χ4v) is 5.69. The van der Waals surface area contributed by atoms with Crippen LogP contribution in [0.4, 0.5) is 13.2 Å². The molecule has 1 aliphatic carbocycles. The highest BCUT2D eigenvalue weighted by Crippen LogP contribution is 2.45. The molecular weight excluding hydrogens is 501 g/mol. The molecule has 1 aliphatic heterocycles. The maximum Gasteiger partial charge on any atom is 0.416 e. The zero-order valence-electron chi connectivity index (χ0n) is 21.2. The van der Waals surface area contributed by atoms with Crippen molar-refractivity contribution in [2.45, 2.75) is 56.0 Å². The number of hydrogen-bond acceptors (Lipinski definition) is 6. The minimum atomic E-state index is -4.58. The zero-order chi connectivity index (χ0) is 27.4. The minimum Gasteiger partial charge on any atom is -0.385 e. The molecule has 0 unspecified atom stereocenters. The van der Waals surface area contributed by atoms with Crippen LogP contribution < -0.4 is 16.0 Å². The van der Waals surface area contributed by atoms with Gasteiger partial charge in [-0.25, -0.2) is 0 Å². The summed E-state index contributed by atoms with van der Waals surface area (Å²) in [5, 5.41) is 20.1. The number of alkyl halides is 3. The molecule has 2 atom stereocenters. The van der Waals surface area contributed by atoms with Crippen molar-refractivity contribution in [3.8, 4) is 0 Å². The number of nitrogens with zero attached hydrogens (tertiary/aromatic N) is 1. The van der Waals surface area contributed by atoms with E-state index in [0.717, 1.165) is 23.8 Å². The Labute approximate surface area is 219 Å². The summed E-state index contributed by atoms with van der Waals surface area (Å²) in [6.07, 6.45) is 0.688. The molecule has 0 bridgehead atoms. The quantitative estimate of drug-likeness (QED) is 0.415. The number of benzene rings is 1. The number of halogens is 3. The summed E-state index contributed by atoms with van der Waals surface area (Å²) in [7, 11) is 0. The molecule has 0 spiro atoms. The van der Waals surface area contributed by atoms with Gasteiger partial charge in [0, 0.05) is 43.2 Å². The molecule has 8 nitrogen and oxygen atoms in total. The summed E-state index contributed by atoms with van der Waals surface area (Å²) in [6, 6.07) is 7.71. The van der Waals surface area contributed by atoms with Crippen LogP contribution in [0.3, 0.4) is 0 Å². The number of aliphatic hydroxyl groups is 1. The second-order valence-electron chi connectivity index (χ2n) is 9.97. The second-order valence-corrected chi connectivity index (χ2v) is 9.97. The fraction of sp³-hybridized carbons (Fsp3) is 0.519. The Morgan fingerprint density at radius 2 is 1.97 bits per heavy atom. The summed E-state index contributed by atoms with van der Waals surface area (Å²) < 4.78 is 45.0. The van der Waals surface area contributed by atoms with Crippen molar-refractivity contribution in [3.63, 3.8) is 0 Å². The molecular formula is C27H33F3N4O4. The first-order valence-corrected chi connectivity index (χ1v) is 12.8. The molecule has 11 heteroatoms. The third-order valence-electron chi connectivity index (χ3n) is 7.66. The van der Waals surface area contributed by atoms with Gasteiger partial charge in [-0.05, 0) is 62.8 Å². The van der Waals surface area contributed by atoms with Crippen LogP contribution in [0.15, 0.2) is 48.8 Å². The number of pyridine rings is 1. The highest BCUT2D eigenvalue weighted by molar-refractivity contribution is 5.96. The van der Waals surface area contributed by atoms with Gasteiger partial charge in [0.05, 0.1) is 29.4 Å². The SMILES string of the molecule is CCO[C@H]1CNC[C@@]1(NC(=O)CNC(=O)c1cccc(C(F)(F)F)c1)C1CCC(O)(c2cccnc2)CC1. The maximum atomic E-state index is 13.1. The van der Waals surface area contributed by atoms with Crippen LogP contribution in [0.1, 0.15) is 54.1 Å². The maximum absolute atomic E-state index is 13.1. The van der Waals surface area contributed by atoms with E-state index in [1.54, 1.807) is 18.5 Å². The van der Waals surface area contributed by atoms with Gasteiger partial charge in [0.15, 0.2) is 0 Å². The first-order chi connectivity index (χ1) is 18.1. The Hall–Kier alpha value is -3.02. The van der Waals surface area contributed by atoms with Crippen LogP contribution in [0.5, 0.6) is 0 Å². The zero-order valence-corrected chi connectivity index (χ0v) is 21.2. The second kappa shape index (κ2) is 11.4. The number of carbonyl (C=O) groups is 2. The van der Waals surface area contributed by atoms with Gasteiger partial charge in [0.2, 0.25) is 5.91 Å². The molecule has 0 radical (unpaired) electrons. The topological polar surface area (TPSA) is 113 Å². The molecule has 4 rings (SSSR count). The molecule has 38 heavy (non-hydrogen) atoms. The average Bonchev–Trinajstić information content (AvgIpc) is 3.30. The number of nitrogens with one attached hydrogen (secondary N) is 3. The van der Waals surface area contributed by atoms with E-state index in [1.807, 2.05) is 13.0 Å². The Kier molecular flexibility index (Phi) is 8.39. The van der Waals surface area contributed by atoms with E-state index in [2.05, 4.69) is 20.9 Å². The molecule has 2 aromatic rings. The van der Waals surface area contributed by atoms with Crippen molar-refractivity contribution in [2.24, 2.45) is 5.92 Å². The monoisotopic (exact) mass is 534 g/mol. The first kappa shape index (κ1) is 28.0. The third-order valence-corrected chi connectivity index (χ3v) is 7.66. The van der Waals surface area contributed by atoms with E-state index in [0.29, 0.717) is 45.4 Å². The molecule has 2 aliphatic rings. The molecule has 1 saturated heterocycles. The van der Waals surface area contributed by atoms with Crippen molar-refractivity contribution in [1.29, 1.82) is 0 Å². The summed E-state index contributed by atoms with van der Waals surface area (Å²) in [5.74, 6) is -1.24. The van der Waals surface area contributed by atoms with Crippen molar-refractivity contribution >= 4 is 11.8 Å². The predicted molar refractivity (Wildman–Crippen MR) is 133 cm³/mol. The van der Waals surface area contributed by atoms with Gasteiger partial charge < -0.3 is 25.8 Å². The van der Waals surface area contributed by atoms with Gasteiger partial charge in [0.1, 0.15) is 0 Å². The molecule has 1 aromatic carbocycles. The standard InChI is InChI=1S/C27H33F3N4O4/c1-2-38-22-15-32-17-26(22,19-8-10-25(37,11-9-19)21-7-4-12-31-14-21)34-23(35)16-33-24(36)18-5-3-6-20(13-18)27(28,29)30/h3-7,12-14,19,22,32,37H,2,8-11,15-17H2,1H3,(H,33,36)(H,34,35)/t19?,22-,25?,26+/m0/s1. The van der Waals surface area contributed by atoms with E-state index in [1.165, 1.54) is 6.07 Å². The van der Waals surface area contributed by atoms with Crippen molar-refractivity contribution in [2.75, 3.05) is 26.2 Å². The number of rotatable bonds is 8. The minimum absolute atomic E-state index is 0.00545. The molecule has 2 heterocycles. The number of ether oxygens (including phenoxy) is 1. The van der Waals surface area contributed by atoms with Crippen LogP contribution in [0.25, 0.3) is 0 Å². The summed E-state index contributed by atoms with van der Waals surface area (Å²) >= 11 is 0. The van der Waals surface area contributed by atoms with E-state index in [9.17, 15) is 27.9 Å². The number of carbonyl (C=O) groups excluding carboxylic acids is 2. The Balaban J connectivity index is 1.44. The molecule has 4 N–H and O–H groups in total. The molecule has 1 aromatic heterocycles. The predicted octanol–water partition coefficient (Wildman–Crippen LogP) is 2.77. The first-order valence-electron chi connectivity index (χ1n) is 12.8. The third kappa shape index (κ3) is 6.00. The van der Waals surface area contributed by atoms with E-state index in [4.69, 9.17) is 4.74 Å². The average molecular weight is 535 g/mol. The van der Waals surface area contributed by atoms with E-state index < -0.39 is 41.2 Å². The lowest BCUT2D eigenvalue weighted by Gasteiger charge is -2.47. The smallest absolute Gasteiger partial charge is 0.385 e. The number of aromatic nitrogens is 1. The Morgan fingerprint density at radius 3 is 2.63 bits per heavy atom. The molecule has 1 saturated carbocycles. The highest BCUT2D eigenvalue weighted by atomic mass is 19.4. The van der Waals surface area contributed by atoms with Crippen molar-refractivity contribution < 1.29 is 32.6 Å². The lowest BCUT2D eigenvalue weighted by atomic mass is 9.67. The normalized spacial score (nSPS) is 27.6. The van der Waals surface area contributed by atoms with Gasteiger partial charge in [0.25, 0.3) is 5.91 Å². The van der Waals surface area contributed by atoms with Gasteiger partial charge in [-0.1, -0.05) is 12.1 Å². The number of hydrogen-bond donors (Lipinski definition) is 4. The largest absolute Gasteiger partial charge is 0.416 e. The number of amides is 2.